The molecular formula is C8H13ClO2. The van der Waals surface area contributed by atoms with E-state index in [9.17, 15) is 4.79 Å². The van der Waals surface area contributed by atoms with Gasteiger partial charge in [-0.25, -0.2) is 0 Å². The van der Waals surface area contributed by atoms with Crippen molar-refractivity contribution < 1.29 is 9.90 Å². The van der Waals surface area contributed by atoms with Gasteiger partial charge in [0.2, 0.25) is 0 Å². The molecule has 0 aliphatic rings. The van der Waals surface area contributed by atoms with Crippen LogP contribution in [0.4, 0.5) is 0 Å². The predicted molar refractivity (Wildman–Crippen MR) is 45.9 cm³/mol. The highest BCUT2D eigenvalue weighted by molar-refractivity contribution is 6.20. The Morgan fingerprint density at radius 3 is 2.73 bits per heavy atom. The Labute approximate surface area is 71.9 Å². The Morgan fingerprint density at radius 1 is 1.64 bits per heavy atom. The maximum absolute atomic E-state index is 10.0. The van der Waals surface area contributed by atoms with Crippen LogP contribution in [0.15, 0.2) is 12.2 Å². The normalized spacial score (nSPS) is 13.6. The molecule has 0 radical (unpaired) electrons. The van der Waals surface area contributed by atoms with Gasteiger partial charge in [0.25, 0.3) is 0 Å². The Kier molecular flexibility index (Phi) is 5.94. The second-order valence-corrected chi connectivity index (χ2v) is 2.93. The minimum Gasteiger partial charge on any atom is -0.481 e. The average molecular weight is 177 g/mol. The van der Waals surface area contributed by atoms with Crippen molar-refractivity contribution in [3.8, 4) is 0 Å². The minimum absolute atomic E-state index is 0.0906. The first-order valence-electron chi connectivity index (χ1n) is 3.67. The molecule has 0 saturated heterocycles. The smallest absolute Gasteiger partial charge is 0.307 e. The molecule has 3 heteroatoms. The zero-order chi connectivity index (χ0) is 8.69. The number of carbonyl (C=O) groups is 1. The molecule has 0 aliphatic carbocycles. The third-order valence-corrected chi connectivity index (χ3v) is 1.78. The molecule has 1 unspecified atom stereocenters. The number of carboxylic acids is 1. The first-order chi connectivity index (χ1) is 5.16. The molecule has 0 heterocycles. The molecule has 1 atom stereocenters. The maximum Gasteiger partial charge on any atom is 0.307 e. The molecule has 0 aliphatic heterocycles. The summed E-state index contributed by atoms with van der Waals surface area (Å²) >= 11 is 5.78. The first-order valence-corrected chi connectivity index (χ1v) is 4.11. The zero-order valence-corrected chi connectivity index (χ0v) is 7.34. The van der Waals surface area contributed by atoms with Crippen LogP contribution in [0.25, 0.3) is 0 Å². The second kappa shape index (κ2) is 6.23. The fourth-order valence-electron chi connectivity index (χ4n) is 0.595. The number of halogens is 1. The number of alkyl halides is 1. The van der Waals surface area contributed by atoms with Crippen molar-refractivity contribution in [1.29, 1.82) is 0 Å². The molecule has 1 N–H and O–H groups in total. The lowest BCUT2D eigenvalue weighted by Gasteiger charge is -1.98. The van der Waals surface area contributed by atoms with Crippen molar-refractivity contribution in [2.45, 2.75) is 31.6 Å². The van der Waals surface area contributed by atoms with E-state index in [2.05, 4.69) is 0 Å². The number of aliphatic carboxylic acids is 1. The van der Waals surface area contributed by atoms with Crippen molar-refractivity contribution in [3.05, 3.63) is 12.2 Å². The monoisotopic (exact) mass is 176 g/mol. The first kappa shape index (κ1) is 10.5. The SMILES string of the molecule is CCC(Cl)C/C=C/CC(=O)O. The topological polar surface area (TPSA) is 37.3 Å². The predicted octanol–water partition coefficient (Wildman–Crippen LogP) is 2.42. The van der Waals surface area contributed by atoms with Gasteiger partial charge in [0.15, 0.2) is 0 Å². The van der Waals surface area contributed by atoms with Gasteiger partial charge in [0.1, 0.15) is 0 Å². The summed E-state index contributed by atoms with van der Waals surface area (Å²) in [5, 5.41) is 8.39. The Hall–Kier alpha value is -0.500. The van der Waals surface area contributed by atoms with Gasteiger partial charge in [-0.2, -0.15) is 0 Å². The van der Waals surface area contributed by atoms with E-state index in [0.717, 1.165) is 12.8 Å². The minimum atomic E-state index is -0.802. The van der Waals surface area contributed by atoms with Crippen LogP contribution in [-0.4, -0.2) is 16.5 Å². The number of carboxylic acid groups (broad SMARTS) is 1. The number of allylic oxidation sites excluding steroid dienone is 1. The fourth-order valence-corrected chi connectivity index (χ4v) is 0.698. The van der Waals surface area contributed by atoms with Crippen LogP contribution in [0.1, 0.15) is 26.2 Å². The summed E-state index contributed by atoms with van der Waals surface area (Å²) in [6.45, 7) is 2.00. The third kappa shape index (κ3) is 7.40. The van der Waals surface area contributed by atoms with E-state index < -0.39 is 5.97 Å². The van der Waals surface area contributed by atoms with Gasteiger partial charge in [-0.1, -0.05) is 19.1 Å². The zero-order valence-electron chi connectivity index (χ0n) is 6.59. The van der Waals surface area contributed by atoms with Crippen LogP contribution in [0.5, 0.6) is 0 Å². The van der Waals surface area contributed by atoms with Crippen LogP contribution in [-0.2, 0) is 4.79 Å². The van der Waals surface area contributed by atoms with E-state index in [4.69, 9.17) is 16.7 Å². The van der Waals surface area contributed by atoms with Crippen molar-refractivity contribution in [3.63, 3.8) is 0 Å². The lowest BCUT2D eigenvalue weighted by atomic mass is 10.2. The third-order valence-electron chi connectivity index (χ3n) is 1.29. The molecule has 0 aromatic heterocycles. The number of hydrogen-bond donors (Lipinski definition) is 1. The van der Waals surface area contributed by atoms with Gasteiger partial charge in [0, 0.05) is 5.38 Å². The van der Waals surface area contributed by atoms with Gasteiger partial charge in [-0.15, -0.1) is 11.6 Å². The Balaban J connectivity index is 3.36. The van der Waals surface area contributed by atoms with Crippen LogP contribution in [0.3, 0.4) is 0 Å². The Morgan fingerprint density at radius 2 is 2.27 bits per heavy atom. The van der Waals surface area contributed by atoms with Crippen LogP contribution < -0.4 is 0 Å². The Bertz CT molecular complexity index is 143. The van der Waals surface area contributed by atoms with E-state index in [1.54, 1.807) is 6.08 Å². The second-order valence-electron chi connectivity index (χ2n) is 2.31. The van der Waals surface area contributed by atoms with Crippen molar-refractivity contribution in [2.24, 2.45) is 0 Å². The van der Waals surface area contributed by atoms with Crippen molar-refractivity contribution in [2.75, 3.05) is 0 Å². The molecule has 0 rings (SSSR count). The molecule has 0 fully saturated rings. The summed E-state index contributed by atoms with van der Waals surface area (Å²) in [4.78, 5) is 10.0. The molecule has 11 heavy (non-hydrogen) atoms. The highest BCUT2D eigenvalue weighted by Crippen LogP contribution is 2.06. The molecule has 0 spiro atoms. The van der Waals surface area contributed by atoms with Crippen LogP contribution in [0, 0.1) is 0 Å². The molecule has 0 saturated carbocycles. The summed E-state index contributed by atoms with van der Waals surface area (Å²) in [6.07, 6.45) is 5.21. The van der Waals surface area contributed by atoms with Crippen LogP contribution >= 0.6 is 11.6 Å². The molecule has 2 nitrogen and oxygen atoms in total. The van der Waals surface area contributed by atoms with E-state index >= 15 is 0 Å². The van der Waals surface area contributed by atoms with E-state index in [1.807, 2.05) is 13.0 Å². The van der Waals surface area contributed by atoms with Gasteiger partial charge >= 0.3 is 5.97 Å². The van der Waals surface area contributed by atoms with Crippen LogP contribution in [0.2, 0.25) is 0 Å². The molecule has 0 bridgehead atoms. The van der Waals surface area contributed by atoms with Gasteiger partial charge in [-0.05, 0) is 12.8 Å². The average Bonchev–Trinajstić information content (AvgIpc) is 1.97. The van der Waals surface area contributed by atoms with E-state index in [0.29, 0.717) is 0 Å². The van der Waals surface area contributed by atoms with Crippen molar-refractivity contribution in [1.82, 2.24) is 0 Å². The van der Waals surface area contributed by atoms with Gasteiger partial charge in [0.05, 0.1) is 6.42 Å². The van der Waals surface area contributed by atoms with E-state index in [1.165, 1.54) is 0 Å². The molecular weight excluding hydrogens is 164 g/mol. The fraction of sp³-hybridized carbons (Fsp3) is 0.625. The number of rotatable bonds is 5. The largest absolute Gasteiger partial charge is 0.481 e. The van der Waals surface area contributed by atoms with Gasteiger partial charge in [-0.3, -0.25) is 4.79 Å². The summed E-state index contributed by atoms with van der Waals surface area (Å²) in [6, 6.07) is 0. The molecule has 0 aromatic carbocycles. The lowest BCUT2D eigenvalue weighted by molar-refractivity contribution is -0.136. The van der Waals surface area contributed by atoms with E-state index in [-0.39, 0.29) is 11.8 Å². The van der Waals surface area contributed by atoms with Gasteiger partial charge < -0.3 is 5.11 Å². The standard InChI is InChI=1S/C8H13ClO2/c1-2-7(9)5-3-4-6-8(10)11/h3-4,7H,2,5-6H2,1H3,(H,10,11)/b4-3+. The summed E-state index contributed by atoms with van der Waals surface area (Å²) in [7, 11) is 0. The number of hydrogen-bond acceptors (Lipinski definition) is 1. The summed E-state index contributed by atoms with van der Waals surface area (Å²) in [5.74, 6) is -0.802. The molecule has 0 aromatic rings. The quantitative estimate of drug-likeness (QED) is 0.516. The lowest BCUT2D eigenvalue weighted by Crippen LogP contribution is -1.93. The highest BCUT2D eigenvalue weighted by atomic mass is 35.5. The van der Waals surface area contributed by atoms with Crippen molar-refractivity contribution >= 4 is 17.6 Å². The molecule has 64 valence electrons. The molecule has 0 amide bonds. The summed E-state index contributed by atoms with van der Waals surface area (Å²) < 4.78 is 0. The summed E-state index contributed by atoms with van der Waals surface area (Å²) in [5.41, 5.74) is 0. The highest BCUT2D eigenvalue weighted by Gasteiger charge is 1.96. The maximum atomic E-state index is 10.0.